The van der Waals surface area contributed by atoms with Gasteiger partial charge in [-0.05, 0) is 30.5 Å². The molecule has 5 nitrogen and oxygen atoms in total. The molecule has 1 atom stereocenters. The van der Waals surface area contributed by atoms with E-state index in [-0.39, 0.29) is 23.5 Å². The number of aromatic nitrogens is 2. The van der Waals surface area contributed by atoms with E-state index >= 15 is 0 Å². The number of nitrogens with zero attached hydrogens (tertiary/aromatic N) is 2. The van der Waals surface area contributed by atoms with Crippen molar-refractivity contribution < 1.29 is 9.18 Å². The van der Waals surface area contributed by atoms with Gasteiger partial charge in [0.05, 0.1) is 12.4 Å². The van der Waals surface area contributed by atoms with Crippen molar-refractivity contribution in [2.24, 2.45) is 0 Å². The lowest BCUT2D eigenvalue weighted by molar-refractivity contribution is 0.0948. The van der Waals surface area contributed by atoms with E-state index in [1.807, 2.05) is 37.3 Å². The van der Waals surface area contributed by atoms with E-state index in [1.54, 1.807) is 18.2 Å². The van der Waals surface area contributed by atoms with Crippen molar-refractivity contribution in [3.63, 3.8) is 0 Å². The van der Waals surface area contributed by atoms with Crippen LogP contribution in [0.15, 0.2) is 67.0 Å². The SMILES string of the molecule is CC(Nc1cnc(C(=O)NCCc2ccccc2F)cn1)c1ccccc1. The molecule has 0 aliphatic rings. The summed E-state index contributed by atoms with van der Waals surface area (Å²) in [7, 11) is 0. The van der Waals surface area contributed by atoms with Crippen LogP contribution in [0.4, 0.5) is 10.2 Å². The van der Waals surface area contributed by atoms with E-state index in [2.05, 4.69) is 20.6 Å². The first-order chi connectivity index (χ1) is 13.1. The van der Waals surface area contributed by atoms with Crippen LogP contribution in [0.3, 0.4) is 0 Å². The van der Waals surface area contributed by atoms with Gasteiger partial charge in [0.15, 0.2) is 0 Å². The molecule has 2 aromatic carbocycles. The Balaban J connectivity index is 1.52. The zero-order valence-electron chi connectivity index (χ0n) is 15.0. The molecule has 3 aromatic rings. The fraction of sp³-hybridized carbons (Fsp3) is 0.190. The molecule has 3 rings (SSSR count). The maximum absolute atomic E-state index is 13.6. The second kappa shape index (κ2) is 8.89. The molecular formula is C21H21FN4O. The summed E-state index contributed by atoms with van der Waals surface area (Å²) in [5, 5.41) is 5.98. The van der Waals surface area contributed by atoms with Crippen molar-refractivity contribution in [3.05, 3.63) is 89.6 Å². The first-order valence-electron chi connectivity index (χ1n) is 8.78. The van der Waals surface area contributed by atoms with Crippen LogP contribution < -0.4 is 10.6 Å². The third kappa shape index (κ3) is 5.10. The van der Waals surface area contributed by atoms with Gasteiger partial charge in [-0.3, -0.25) is 4.79 Å². The quantitative estimate of drug-likeness (QED) is 0.670. The molecule has 2 N–H and O–H groups in total. The van der Waals surface area contributed by atoms with Crippen LogP contribution in [0.1, 0.15) is 34.6 Å². The van der Waals surface area contributed by atoms with Crippen molar-refractivity contribution in [3.8, 4) is 0 Å². The van der Waals surface area contributed by atoms with E-state index in [1.165, 1.54) is 18.5 Å². The molecule has 0 radical (unpaired) electrons. The highest BCUT2D eigenvalue weighted by Crippen LogP contribution is 2.16. The van der Waals surface area contributed by atoms with Crippen molar-refractivity contribution in [2.45, 2.75) is 19.4 Å². The molecule has 1 heterocycles. The lowest BCUT2D eigenvalue weighted by Gasteiger charge is -2.14. The van der Waals surface area contributed by atoms with E-state index in [4.69, 9.17) is 0 Å². The minimum absolute atomic E-state index is 0.0703. The molecule has 138 valence electrons. The third-order valence-corrected chi connectivity index (χ3v) is 4.19. The van der Waals surface area contributed by atoms with Crippen molar-refractivity contribution >= 4 is 11.7 Å². The molecule has 6 heteroatoms. The molecule has 27 heavy (non-hydrogen) atoms. The Morgan fingerprint density at radius 3 is 2.48 bits per heavy atom. The second-order valence-electron chi connectivity index (χ2n) is 6.16. The Morgan fingerprint density at radius 1 is 1.04 bits per heavy atom. The van der Waals surface area contributed by atoms with Crippen molar-refractivity contribution in [2.75, 3.05) is 11.9 Å². The van der Waals surface area contributed by atoms with Gasteiger partial charge in [-0.2, -0.15) is 0 Å². The summed E-state index contributed by atoms with van der Waals surface area (Å²) in [6.07, 6.45) is 3.38. The molecule has 0 bridgehead atoms. The molecule has 1 amide bonds. The normalized spacial score (nSPS) is 11.6. The van der Waals surface area contributed by atoms with E-state index in [0.29, 0.717) is 24.3 Å². The number of anilines is 1. The van der Waals surface area contributed by atoms with Gasteiger partial charge in [0.25, 0.3) is 5.91 Å². The lowest BCUT2D eigenvalue weighted by atomic mass is 10.1. The van der Waals surface area contributed by atoms with Crippen LogP contribution in [-0.2, 0) is 6.42 Å². The van der Waals surface area contributed by atoms with E-state index in [9.17, 15) is 9.18 Å². The number of carbonyl (C=O) groups excluding carboxylic acids is 1. The fourth-order valence-corrected chi connectivity index (χ4v) is 2.67. The lowest BCUT2D eigenvalue weighted by Crippen LogP contribution is -2.27. The molecule has 0 fully saturated rings. The number of benzene rings is 2. The van der Waals surface area contributed by atoms with Crippen LogP contribution in [0.2, 0.25) is 0 Å². The Hall–Kier alpha value is -3.28. The summed E-state index contributed by atoms with van der Waals surface area (Å²) in [4.78, 5) is 20.6. The van der Waals surface area contributed by atoms with Crippen LogP contribution >= 0.6 is 0 Å². The predicted octanol–water partition coefficient (Wildman–Crippen LogP) is 3.76. The van der Waals surface area contributed by atoms with Gasteiger partial charge in [-0.15, -0.1) is 0 Å². The van der Waals surface area contributed by atoms with Crippen molar-refractivity contribution in [1.29, 1.82) is 0 Å². The first-order valence-corrected chi connectivity index (χ1v) is 8.78. The van der Waals surface area contributed by atoms with E-state index in [0.717, 1.165) is 5.56 Å². The van der Waals surface area contributed by atoms with Crippen LogP contribution in [0.5, 0.6) is 0 Å². The molecule has 1 aromatic heterocycles. The van der Waals surface area contributed by atoms with Gasteiger partial charge in [-0.25, -0.2) is 14.4 Å². The monoisotopic (exact) mass is 364 g/mol. The topological polar surface area (TPSA) is 66.9 Å². The van der Waals surface area contributed by atoms with Crippen LogP contribution in [0, 0.1) is 5.82 Å². The average Bonchev–Trinajstić information content (AvgIpc) is 2.70. The number of halogens is 1. The number of hydrogen-bond donors (Lipinski definition) is 2. The summed E-state index contributed by atoms with van der Waals surface area (Å²) in [6, 6.07) is 16.6. The Morgan fingerprint density at radius 2 is 1.78 bits per heavy atom. The van der Waals surface area contributed by atoms with Gasteiger partial charge in [0.2, 0.25) is 0 Å². The standard InChI is InChI=1S/C21H21FN4O/c1-15(16-7-3-2-4-8-16)26-20-14-24-19(13-25-20)21(27)23-12-11-17-9-5-6-10-18(17)22/h2-10,13-15H,11-12H2,1H3,(H,23,27)(H,25,26). The van der Waals surface area contributed by atoms with Crippen molar-refractivity contribution in [1.82, 2.24) is 15.3 Å². The maximum Gasteiger partial charge on any atom is 0.271 e. The number of rotatable bonds is 7. The zero-order chi connectivity index (χ0) is 19.1. The molecule has 0 aliphatic heterocycles. The van der Waals surface area contributed by atoms with E-state index < -0.39 is 0 Å². The molecular weight excluding hydrogens is 343 g/mol. The number of hydrogen-bond acceptors (Lipinski definition) is 4. The van der Waals surface area contributed by atoms with Gasteiger partial charge in [-0.1, -0.05) is 48.5 Å². The first kappa shape index (κ1) is 18.5. The smallest absolute Gasteiger partial charge is 0.271 e. The zero-order valence-corrected chi connectivity index (χ0v) is 15.0. The number of nitrogens with one attached hydrogen (secondary N) is 2. The predicted molar refractivity (Wildman–Crippen MR) is 103 cm³/mol. The van der Waals surface area contributed by atoms with Gasteiger partial charge >= 0.3 is 0 Å². The Labute approximate surface area is 157 Å². The van der Waals surface area contributed by atoms with Gasteiger partial charge in [0, 0.05) is 12.6 Å². The molecule has 1 unspecified atom stereocenters. The summed E-state index contributed by atoms with van der Waals surface area (Å²) in [5.74, 6) is -0.00902. The summed E-state index contributed by atoms with van der Waals surface area (Å²) in [5.41, 5.74) is 1.93. The minimum atomic E-state index is -0.332. The minimum Gasteiger partial charge on any atom is -0.362 e. The second-order valence-corrected chi connectivity index (χ2v) is 6.16. The van der Waals surface area contributed by atoms with Crippen LogP contribution in [0.25, 0.3) is 0 Å². The third-order valence-electron chi connectivity index (χ3n) is 4.19. The number of amides is 1. The summed E-state index contributed by atoms with van der Waals surface area (Å²) < 4.78 is 13.6. The fourth-order valence-electron chi connectivity index (χ4n) is 2.67. The molecule has 0 spiro atoms. The highest BCUT2D eigenvalue weighted by molar-refractivity contribution is 5.92. The van der Waals surface area contributed by atoms with Crippen LogP contribution in [-0.4, -0.2) is 22.4 Å². The van der Waals surface area contributed by atoms with Gasteiger partial charge in [0.1, 0.15) is 17.3 Å². The molecule has 0 saturated carbocycles. The largest absolute Gasteiger partial charge is 0.362 e. The van der Waals surface area contributed by atoms with Gasteiger partial charge < -0.3 is 10.6 Å². The maximum atomic E-state index is 13.6. The summed E-state index contributed by atoms with van der Waals surface area (Å²) in [6.45, 7) is 2.35. The molecule has 0 saturated heterocycles. The number of carbonyl (C=O) groups is 1. The Bertz CT molecular complexity index is 884. The highest BCUT2D eigenvalue weighted by Gasteiger charge is 2.10. The Kier molecular flexibility index (Phi) is 6.10. The average molecular weight is 364 g/mol. The summed E-state index contributed by atoms with van der Waals surface area (Å²) >= 11 is 0. The highest BCUT2D eigenvalue weighted by atomic mass is 19.1. The molecule has 0 aliphatic carbocycles.